The van der Waals surface area contributed by atoms with E-state index in [0.717, 1.165) is 43.7 Å². The summed E-state index contributed by atoms with van der Waals surface area (Å²) in [6.07, 6.45) is 6.49. The number of hydrogen-bond donors (Lipinski definition) is 2. The van der Waals surface area contributed by atoms with Crippen LogP contribution in [-0.4, -0.2) is 11.9 Å². The monoisotopic (exact) mass is 296 g/mol. The quantitative estimate of drug-likeness (QED) is 0.834. The molecule has 0 aromatic heterocycles. The molecule has 0 atom stereocenters. The van der Waals surface area contributed by atoms with Gasteiger partial charge in [-0.3, -0.25) is 4.79 Å². The minimum atomic E-state index is -1.05. The lowest BCUT2D eigenvalue weighted by molar-refractivity contribution is 0.0921. The Morgan fingerprint density at radius 1 is 1.24 bits per heavy atom. The summed E-state index contributed by atoms with van der Waals surface area (Å²) in [6, 6.07) is 1.81. The first kappa shape index (κ1) is 15.7. The molecule has 1 saturated carbocycles. The van der Waals surface area contributed by atoms with Gasteiger partial charge in [-0.15, -0.1) is 0 Å². The standard InChI is InChI=1S/C16H22F2N2O/c1-2-3-10-4-6-11(7-5-10)20-16(21)12-8-13(17)14(18)9-15(12)19/h8-11H,2-7,19H2,1H3,(H,20,21). The zero-order chi connectivity index (χ0) is 15.4. The van der Waals surface area contributed by atoms with E-state index in [-0.39, 0.29) is 17.3 Å². The van der Waals surface area contributed by atoms with Crippen LogP contribution in [0.2, 0.25) is 0 Å². The van der Waals surface area contributed by atoms with Gasteiger partial charge in [-0.05, 0) is 37.7 Å². The van der Waals surface area contributed by atoms with Crippen LogP contribution in [0.1, 0.15) is 55.8 Å². The molecule has 1 aromatic rings. The molecule has 0 radical (unpaired) electrons. The highest BCUT2D eigenvalue weighted by molar-refractivity contribution is 5.99. The molecule has 3 N–H and O–H groups in total. The van der Waals surface area contributed by atoms with E-state index < -0.39 is 17.5 Å². The van der Waals surface area contributed by atoms with Crippen LogP contribution in [0.15, 0.2) is 12.1 Å². The van der Waals surface area contributed by atoms with Crippen molar-refractivity contribution in [2.45, 2.75) is 51.5 Å². The van der Waals surface area contributed by atoms with Crippen molar-refractivity contribution in [3.8, 4) is 0 Å². The maximum atomic E-state index is 13.2. The summed E-state index contributed by atoms with van der Waals surface area (Å²) >= 11 is 0. The van der Waals surface area contributed by atoms with Crippen LogP contribution >= 0.6 is 0 Å². The Kier molecular flexibility index (Phi) is 5.15. The summed E-state index contributed by atoms with van der Waals surface area (Å²) in [5.74, 6) is -1.77. The lowest BCUT2D eigenvalue weighted by atomic mass is 9.83. The Morgan fingerprint density at radius 2 is 1.86 bits per heavy atom. The van der Waals surface area contributed by atoms with Crippen LogP contribution in [0.3, 0.4) is 0 Å². The number of halogens is 2. The first-order valence-corrected chi connectivity index (χ1v) is 7.56. The highest BCUT2D eigenvalue weighted by atomic mass is 19.2. The number of nitrogens with two attached hydrogens (primary N) is 1. The van der Waals surface area contributed by atoms with Gasteiger partial charge in [0.15, 0.2) is 11.6 Å². The number of hydrogen-bond acceptors (Lipinski definition) is 2. The summed E-state index contributed by atoms with van der Waals surface area (Å²) in [5, 5.41) is 2.88. The third-order valence-corrected chi connectivity index (χ3v) is 4.22. The fourth-order valence-electron chi connectivity index (χ4n) is 3.03. The first-order chi connectivity index (χ1) is 10.0. The lowest BCUT2D eigenvalue weighted by Gasteiger charge is -2.29. The minimum Gasteiger partial charge on any atom is -0.398 e. The Balaban J connectivity index is 1.95. The summed E-state index contributed by atoms with van der Waals surface area (Å²) in [6.45, 7) is 2.18. The van der Waals surface area contributed by atoms with E-state index in [4.69, 9.17) is 5.73 Å². The molecular formula is C16H22F2N2O. The molecule has 1 fully saturated rings. The van der Waals surface area contributed by atoms with E-state index >= 15 is 0 Å². The zero-order valence-corrected chi connectivity index (χ0v) is 12.3. The van der Waals surface area contributed by atoms with Crippen molar-refractivity contribution in [3.05, 3.63) is 29.3 Å². The van der Waals surface area contributed by atoms with E-state index in [1.165, 1.54) is 12.8 Å². The van der Waals surface area contributed by atoms with E-state index in [0.29, 0.717) is 0 Å². The molecule has 1 aliphatic rings. The summed E-state index contributed by atoms with van der Waals surface area (Å²) in [7, 11) is 0. The third-order valence-electron chi connectivity index (χ3n) is 4.22. The van der Waals surface area contributed by atoms with Crippen LogP contribution in [0, 0.1) is 17.6 Å². The predicted molar refractivity (Wildman–Crippen MR) is 78.9 cm³/mol. The lowest BCUT2D eigenvalue weighted by Crippen LogP contribution is -2.38. The van der Waals surface area contributed by atoms with E-state index in [1.807, 2.05) is 0 Å². The molecule has 1 amide bonds. The number of amides is 1. The van der Waals surface area contributed by atoms with Gasteiger partial charge < -0.3 is 11.1 Å². The number of carbonyl (C=O) groups excluding carboxylic acids is 1. The van der Waals surface area contributed by atoms with Crippen molar-refractivity contribution >= 4 is 11.6 Å². The van der Waals surface area contributed by atoms with Crippen molar-refractivity contribution in [3.63, 3.8) is 0 Å². The van der Waals surface area contributed by atoms with Gasteiger partial charge in [0.2, 0.25) is 0 Å². The zero-order valence-electron chi connectivity index (χ0n) is 12.3. The van der Waals surface area contributed by atoms with Crippen LogP contribution in [0.5, 0.6) is 0 Å². The fraction of sp³-hybridized carbons (Fsp3) is 0.562. The Morgan fingerprint density at radius 3 is 2.48 bits per heavy atom. The molecule has 3 nitrogen and oxygen atoms in total. The Bertz CT molecular complexity index is 511. The number of anilines is 1. The van der Waals surface area contributed by atoms with E-state index in [1.54, 1.807) is 0 Å². The van der Waals surface area contributed by atoms with Crippen molar-refractivity contribution < 1.29 is 13.6 Å². The number of nitrogen functional groups attached to an aromatic ring is 1. The van der Waals surface area contributed by atoms with Gasteiger partial charge in [-0.2, -0.15) is 0 Å². The SMILES string of the molecule is CCCC1CCC(NC(=O)c2cc(F)c(F)cc2N)CC1. The number of nitrogens with one attached hydrogen (secondary N) is 1. The molecule has 0 unspecified atom stereocenters. The van der Waals surface area contributed by atoms with Gasteiger partial charge >= 0.3 is 0 Å². The smallest absolute Gasteiger partial charge is 0.253 e. The second kappa shape index (κ2) is 6.87. The number of benzene rings is 1. The normalized spacial score (nSPS) is 22.0. The highest BCUT2D eigenvalue weighted by Crippen LogP contribution is 2.28. The van der Waals surface area contributed by atoms with Gasteiger partial charge in [0.1, 0.15) is 0 Å². The minimum absolute atomic E-state index is 0.00424. The molecule has 0 saturated heterocycles. The van der Waals surface area contributed by atoms with Crippen LogP contribution in [0.25, 0.3) is 0 Å². The molecule has 5 heteroatoms. The molecule has 116 valence electrons. The van der Waals surface area contributed by atoms with Gasteiger partial charge in [0.05, 0.1) is 5.56 Å². The number of rotatable bonds is 4. The topological polar surface area (TPSA) is 55.1 Å². The largest absolute Gasteiger partial charge is 0.398 e. The molecule has 21 heavy (non-hydrogen) atoms. The molecule has 0 bridgehead atoms. The van der Waals surface area contributed by atoms with Crippen molar-refractivity contribution in [2.24, 2.45) is 5.92 Å². The van der Waals surface area contributed by atoms with Crippen LogP contribution in [0.4, 0.5) is 14.5 Å². The second-order valence-corrected chi connectivity index (χ2v) is 5.83. The molecule has 1 aliphatic carbocycles. The molecule has 0 heterocycles. The molecule has 0 spiro atoms. The Hall–Kier alpha value is -1.65. The maximum absolute atomic E-state index is 13.2. The molecular weight excluding hydrogens is 274 g/mol. The third kappa shape index (κ3) is 3.93. The van der Waals surface area contributed by atoms with Gasteiger partial charge in [-0.25, -0.2) is 8.78 Å². The van der Waals surface area contributed by atoms with Gasteiger partial charge in [0.25, 0.3) is 5.91 Å². The number of carbonyl (C=O) groups is 1. The summed E-state index contributed by atoms with van der Waals surface area (Å²) in [5.41, 5.74) is 5.56. The molecule has 2 rings (SSSR count). The van der Waals surface area contributed by atoms with Gasteiger partial charge in [0, 0.05) is 17.8 Å². The second-order valence-electron chi connectivity index (χ2n) is 5.83. The highest BCUT2D eigenvalue weighted by Gasteiger charge is 2.23. The summed E-state index contributed by atoms with van der Waals surface area (Å²) < 4.78 is 26.2. The van der Waals surface area contributed by atoms with Crippen LogP contribution in [-0.2, 0) is 0 Å². The van der Waals surface area contributed by atoms with Crippen molar-refractivity contribution in [2.75, 3.05) is 5.73 Å². The average Bonchev–Trinajstić information content (AvgIpc) is 2.45. The Labute approximate surface area is 123 Å². The van der Waals surface area contributed by atoms with E-state index in [2.05, 4.69) is 12.2 Å². The van der Waals surface area contributed by atoms with E-state index in [9.17, 15) is 13.6 Å². The van der Waals surface area contributed by atoms with Crippen LogP contribution < -0.4 is 11.1 Å². The predicted octanol–water partition coefficient (Wildman–Crippen LogP) is 3.64. The molecule has 1 aromatic carbocycles. The fourth-order valence-corrected chi connectivity index (χ4v) is 3.03. The molecule has 0 aliphatic heterocycles. The van der Waals surface area contributed by atoms with Crippen molar-refractivity contribution in [1.29, 1.82) is 0 Å². The average molecular weight is 296 g/mol. The van der Waals surface area contributed by atoms with Crippen molar-refractivity contribution in [1.82, 2.24) is 5.32 Å². The maximum Gasteiger partial charge on any atom is 0.253 e. The van der Waals surface area contributed by atoms with Gasteiger partial charge in [-0.1, -0.05) is 19.8 Å². The summed E-state index contributed by atoms with van der Waals surface area (Å²) in [4.78, 5) is 12.1. The first-order valence-electron chi connectivity index (χ1n) is 7.56.